The highest BCUT2D eigenvalue weighted by Gasteiger charge is 2.61. The van der Waals surface area contributed by atoms with Crippen molar-refractivity contribution in [1.29, 1.82) is 0 Å². The van der Waals surface area contributed by atoms with Gasteiger partial charge >= 0.3 is 5.97 Å². The third-order valence-corrected chi connectivity index (χ3v) is 9.58. The molecule has 3 amide bonds. The Bertz CT molecular complexity index is 1770. The number of amides is 3. The molecule has 8 heteroatoms. The summed E-state index contributed by atoms with van der Waals surface area (Å²) in [5.74, 6) is -2.57. The predicted octanol–water partition coefficient (Wildman–Crippen LogP) is 5.05. The van der Waals surface area contributed by atoms with Crippen molar-refractivity contribution in [2.45, 2.75) is 18.3 Å². The van der Waals surface area contributed by atoms with Gasteiger partial charge in [-0.2, -0.15) is 0 Å². The third-order valence-electron chi connectivity index (χ3n) is 9.58. The molecule has 5 aliphatic rings. The number of ether oxygens (including phenoxy) is 2. The number of esters is 1. The molecule has 0 aromatic heterocycles. The maximum Gasteiger partial charge on any atom is 0.316 e. The quantitative estimate of drug-likeness (QED) is 0.185. The fraction of sp³-hybridized carbons (Fsp3) is 0.222. The Kier molecular flexibility index (Phi) is 5.94. The zero-order chi connectivity index (χ0) is 30.1. The average molecular weight is 585 g/mol. The van der Waals surface area contributed by atoms with Gasteiger partial charge in [0, 0.05) is 30.9 Å². The van der Waals surface area contributed by atoms with Crippen LogP contribution in [0.4, 0.5) is 11.4 Å². The Balaban J connectivity index is 1.06. The average Bonchev–Trinajstić information content (AvgIpc) is 3.57. The van der Waals surface area contributed by atoms with Gasteiger partial charge in [0.05, 0.1) is 36.2 Å². The number of imide groups is 1. The lowest BCUT2D eigenvalue weighted by atomic mass is 9.55. The van der Waals surface area contributed by atoms with E-state index in [0.29, 0.717) is 17.1 Å². The van der Waals surface area contributed by atoms with E-state index < -0.39 is 23.7 Å². The van der Waals surface area contributed by atoms with E-state index in [1.165, 1.54) is 16.9 Å². The topological polar surface area (TPSA) is 93.2 Å². The van der Waals surface area contributed by atoms with Gasteiger partial charge in [0.25, 0.3) is 0 Å². The lowest BCUT2D eigenvalue weighted by Crippen LogP contribution is -2.41. The molecule has 0 N–H and O–H groups in total. The summed E-state index contributed by atoms with van der Waals surface area (Å²) >= 11 is 0. The summed E-state index contributed by atoms with van der Waals surface area (Å²) in [7, 11) is 1.53. The Morgan fingerprint density at radius 3 is 1.89 bits per heavy atom. The van der Waals surface area contributed by atoms with Crippen LogP contribution in [0, 0.1) is 17.8 Å². The minimum atomic E-state index is -0.679. The number of nitrogens with zero attached hydrogens (tertiary/aromatic N) is 2. The lowest BCUT2D eigenvalue weighted by molar-refractivity contribution is -0.139. The summed E-state index contributed by atoms with van der Waals surface area (Å²) in [6.45, 7) is 0.161. The van der Waals surface area contributed by atoms with Gasteiger partial charge in [-0.15, -0.1) is 0 Å². The van der Waals surface area contributed by atoms with Crippen LogP contribution in [-0.4, -0.2) is 37.3 Å². The standard InChI is InChI=1S/C36H28N2O6/c1-43-28-16-7-6-15-27(28)37-19-20(17-29(37)39)36(42)44-22-10-8-9-21(18-22)38-34(40)32-30-23-11-2-3-12-24(23)31(33(32)35(38)41)26-14-5-4-13-25(26)30/h2-16,18,20,30-33H,17,19H2,1H3/t20-,30?,31?,32-,33-/m1/s1. The van der Waals surface area contributed by atoms with Gasteiger partial charge in [0.1, 0.15) is 11.5 Å². The van der Waals surface area contributed by atoms with Crippen molar-refractivity contribution in [3.05, 3.63) is 119 Å². The summed E-state index contributed by atoms with van der Waals surface area (Å²) in [6.07, 6.45) is 0.00687. The molecule has 0 radical (unpaired) electrons. The molecule has 9 rings (SSSR count). The van der Waals surface area contributed by atoms with Gasteiger partial charge in [-0.25, -0.2) is 4.90 Å². The highest BCUT2D eigenvalue weighted by atomic mass is 16.5. The number of anilines is 2. The van der Waals surface area contributed by atoms with E-state index in [0.717, 1.165) is 22.3 Å². The molecule has 2 heterocycles. The summed E-state index contributed by atoms with van der Waals surface area (Å²) in [5.41, 5.74) is 5.40. The van der Waals surface area contributed by atoms with Gasteiger partial charge in [-0.3, -0.25) is 19.2 Å². The van der Waals surface area contributed by atoms with Crippen molar-refractivity contribution < 1.29 is 28.7 Å². The molecule has 2 bridgehead atoms. The Morgan fingerprint density at radius 2 is 1.30 bits per heavy atom. The minimum Gasteiger partial charge on any atom is -0.495 e. The fourth-order valence-electron chi connectivity index (χ4n) is 7.77. The van der Waals surface area contributed by atoms with Crippen LogP contribution in [0.2, 0.25) is 0 Å². The zero-order valence-corrected chi connectivity index (χ0v) is 23.9. The molecular formula is C36H28N2O6. The molecule has 3 aliphatic carbocycles. The van der Waals surface area contributed by atoms with Crippen molar-refractivity contribution in [2.24, 2.45) is 17.8 Å². The molecule has 2 fully saturated rings. The number of hydrogen-bond donors (Lipinski definition) is 0. The zero-order valence-electron chi connectivity index (χ0n) is 23.9. The number of rotatable bonds is 5. The molecule has 0 spiro atoms. The molecule has 218 valence electrons. The molecule has 3 atom stereocenters. The second-order valence-corrected chi connectivity index (χ2v) is 11.8. The number of para-hydroxylation sites is 2. The van der Waals surface area contributed by atoms with Crippen LogP contribution in [0.15, 0.2) is 97.1 Å². The molecule has 2 saturated heterocycles. The van der Waals surface area contributed by atoms with E-state index in [2.05, 4.69) is 24.3 Å². The molecule has 0 saturated carbocycles. The molecule has 4 aromatic carbocycles. The smallest absolute Gasteiger partial charge is 0.316 e. The van der Waals surface area contributed by atoms with Crippen molar-refractivity contribution in [2.75, 3.05) is 23.5 Å². The SMILES string of the molecule is COc1ccccc1N1C[C@H](C(=O)Oc2cccc(N3C(=O)[C@@H]4C5c6ccccc6C(c6ccccc65)[C@H]4C3=O)c2)CC1=O. The van der Waals surface area contributed by atoms with Gasteiger partial charge in [0.2, 0.25) is 17.7 Å². The molecule has 44 heavy (non-hydrogen) atoms. The highest BCUT2D eigenvalue weighted by molar-refractivity contribution is 6.23. The van der Waals surface area contributed by atoms with Crippen LogP contribution >= 0.6 is 0 Å². The van der Waals surface area contributed by atoms with Crippen LogP contribution in [0.5, 0.6) is 11.5 Å². The maximum atomic E-state index is 14.1. The van der Waals surface area contributed by atoms with E-state index in [-0.39, 0.29) is 48.3 Å². The molecule has 8 nitrogen and oxygen atoms in total. The molecular weight excluding hydrogens is 556 g/mol. The summed E-state index contributed by atoms with van der Waals surface area (Å²) in [5, 5.41) is 0. The second-order valence-electron chi connectivity index (χ2n) is 11.8. The Labute approximate surface area is 253 Å². The van der Waals surface area contributed by atoms with Gasteiger partial charge in [0.15, 0.2) is 0 Å². The van der Waals surface area contributed by atoms with E-state index >= 15 is 0 Å². The maximum absolute atomic E-state index is 14.1. The predicted molar refractivity (Wildman–Crippen MR) is 162 cm³/mol. The van der Waals surface area contributed by atoms with E-state index in [1.54, 1.807) is 36.4 Å². The summed E-state index contributed by atoms with van der Waals surface area (Å²) in [4.78, 5) is 57.1. The first kappa shape index (κ1) is 26.4. The number of carbonyl (C=O) groups is 4. The van der Waals surface area contributed by atoms with Gasteiger partial charge < -0.3 is 14.4 Å². The summed E-state index contributed by atoms with van der Waals surface area (Å²) < 4.78 is 11.1. The normalized spacial score (nSPS) is 24.7. The van der Waals surface area contributed by atoms with Crippen LogP contribution < -0.4 is 19.3 Å². The van der Waals surface area contributed by atoms with Crippen molar-refractivity contribution >= 4 is 35.1 Å². The van der Waals surface area contributed by atoms with Crippen molar-refractivity contribution in [1.82, 2.24) is 0 Å². The van der Waals surface area contributed by atoms with E-state index in [9.17, 15) is 19.2 Å². The third kappa shape index (κ3) is 3.76. The number of hydrogen-bond acceptors (Lipinski definition) is 6. The minimum absolute atomic E-state index is 0.00687. The molecule has 4 aromatic rings. The fourth-order valence-corrected chi connectivity index (χ4v) is 7.77. The molecule has 2 aliphatic heterocycles. The first-order chi connectivity index (χ1) is 21.5. The first-order valence-corrected chi connectivity index (χ1v) is 14.8. The highest BCUT2D eigenvalue weighted by Crippen LogP contribution is 2.61. The monoisotopic (exact) mass is 584 g/mol. The second kappa shape index (κ2) is 9.91. The van der Waals surface area contributed by atoms with Crippen molar-refractivity contribution in [3.8, 4) is 11.5 Å². The van der Waals surface area contributed by atoms with Crippen molar-refractivity contribution in [3.63, 3.8) is 0 Å². The van der Waals surface area contributed by atoms with Gasteiger partial charge in [-0.1, -0.05) is 66.7 Å². The largest absolute Gasteiger partial charge is 0.495 e. The number of benzene rings is 4. The Morgan fingerprint density at radius 1 is 0.727 bits per heavy atom. The first-order valence-electron chi connectivity index (χ1n) is 14.8. The van der Waals surface area contributed by atoms with Crippen LogP contribution in [0.3, 0.4) is 0 Å². The summed E-state index contributed by atoms with van der Waals surface area (Å²) in [6, 6.07) is 29.9. The van der Waals surface area contributed by atoms with E-state index in [4.69, 9.17) is 9.47 Å². The van der Waals surface area contributed by atoms with Crippen LogP contribution in [-0.2, 0) is 19.2 Å². The number of methoxy groups -OCH3 is 1. The van der Waals surface area contributed by atoms with Crippen LogP contribution in [0.1, 0.15) is 40.5 Å². The Hall–Kier alpha value is -5.24. The van der Waals surface area contributed by atoms with E-state index in [1.807, 2.05) is 36.4 Å². The molecule has 0 unspecified atom stereocenters. The number of carbonyl (C=O) groups excluding carboxylic acids is 4. The lowest BCUT2D eigenvalue weighted by Gasteiger charge is -2.45. The van der Waals surface area contributed by atoms with Crippen LogP contribution in [0.25, 0.3) is 0 Å². The van der Waals surface area contributed by atoms with Gasteiger partial charge in [-0.05, 0) is 46.5 Å².